The fraction of sp³-hybridized carbons (Fsp3) is 0.222. The van der Waals surface area contributed by atoms with E-state index in [1.807, 2.05) is 31.2 Å². The molecule has 3 heterocycles. The summed E-state index contributed by atoms with van der Waals surface area (Å²) in [5, 5.41) is 7.53. The molecule has 1 N–H and O–H groups in total. The van der Waals surface area contributed by atoms with Gasteiger partial charge in [0.1, 0.15) is 11.6 Å². The molecule has 1 unspecified atom stereocenters. The highest BCUT2D eigenvalue weighted by atomic mass is 32.2. The number of nitrogens with zero attached hydrogens (tertiary/aromatic N) is 4. The number of rotatable bonds is 3. The molecular formula is C18H17N5O2S. The largest absolute Gasteiger partial charge is 0.497 e. The molecule has 7 nitrogen and oxygen atoms in total. The molecule has 26 heavy (non-hydrogen) atoms. The van der Waals surface area contributed by atoms with Gasteiger partial charge in [0.15, 0.2) is 0 Å². The molecule has 0 spiro atoms. The fourth-order valence-corrected chi connectivity index (χ4v) is 4.16. The van der Waals surface area contributed by atoms with Crippen LogP contribution in [0.5, 0.6) is 5.75 Å². The van der Waals surface area contributed by atoms with Crippen molar-refractivity contribution in [3.05, 3.63) is 59.5 Å². The summed E-state index contributed by atoms with van der Waals surface area (Å²) in [5.41, 5.74) is 2.90. The standard InChI is InChI=1S/C18H17N5O2S/c1-11-15-16(12-4-6-13(25-2)7-5-12)26-10-14(24)21-17(15)23(22-11)18-19-8-3-9-20-18/h3-9,16H,10H2,1-2H3,(H,21,24). The number of carbonyl (C=O) groups is 1. The molecule has 0 fully saturated rings. The van der Waals surface area contributed by atoms with Gasteiger partial charge in [0.05, 0.1) is 23.8 Å². The lowest BCUT2D eigenvalue weighted by atomic mass is 10.0. The van der Waals surface area contributed by atoms with Crippen molar-refractivity contribution in [1.29, 1.82) is 0 Å². The van der Waals surface area contributed by atoms with Crippen LogP contribution in [0.1, 0.15) is 22.1 Å². The third-order valence-electron chi connectivity index (χ3n) is 4.17. The number of hydrogen-bond acceptors (Lipinski definition) is 6. The van der Waals surface area contributed by atoms with E-state index in [1.54, 1.807) is 42.0 Å². The zero-order valence-electron chi connectivity index (χ0n) is 14.3. The van der Waals surface area contributed by atoms with E-state index < -0.39 is 0 Å². The lowest BCUT2D eigenvalue weighted by Gasteiger charge is -2.15. The van der Waals surface area contributed by atoms with Gasteiger partial charge in [-0.15, -0.1) is 11.8 Å². The van der Waals surface area contributed by atoms with Gasteiger partial charge in [0.2, 0.25) is 5.91 Å². The minimum absolute atomic E-state index is 0.0210. The predicted octanol–water partition coefficient (Wildman–Crippen LogP) is 2.75. The van der Waals surface area contributed by atoms with E-state index in [-0.39, 0.29) is 11.2 Å². The molecule has 1 aromatic carbocycles. The van der Waals surface area contributed by atoms with Crippen molar-refractivity contribution in [3.63, 3.8) is 0 Å². The van der Waals surface area contributed by atoms with Crippen LogP contribution in [0.2, 0.25) is 0 Å². The minimum atomic E-state index is -0.0654. The second kappa shape index (κ2) is 6.80. The van der Waals surface area contributed by atoms with E-state index in [1.165, 1.54) is 0 Å². The lowest BCUT2D eigenvalue weighted by Crippen LogP contribution is -2.16. The second-order valence-corrected chi connectivity index (χ2v) is 6.91. The number of nitrogens with one attached hydrogen (secondary N) is 1. The summed E-state index contributed by atoms with van der Waals surface area (Å²) in [6.45, 7) is 1.94. The fourth-order valence-electron chi connectivity index (χ4n) is 2.97. The minimum Gasteiger partial charge on any atom is -0.497 e. The number of carbonyl (C=O) groups excluding carboxylic acids is 1. The van der Waals surface area contributed by atoms with E-state index in [2.05, 4.69) is 20.4 Å². The first kappa shape index (κ1) is 16.6. The molecule has 132 valence electrons. The summed E-state index contributed by atoms with van der Waals surface area (Å²) in [7, 11) is 1.64. The van der Waals surface area contributed by atoms with Crippen molar-refractivity contribution in [2.45, 2.75) is 12.2 Å². The number of benzene rings is 1. The highest BCUT2D eigenvalue weighted by Gasteiger charge is 2.31. The van der Waals surface area contributed by atoms with Crippen LogP contribution in [0, 0.1) is 6.92 Å². The van der Waals surface area contributed by atoms with E-state index >= 15 is 0 Å². The molecule has 0 bridgehead atoms. The van der Waals surface area contributed by atoms with Gasteiger partial charge in [-0.3, -0.25) is 4.79 Å². The number of hydrogen-bond donors (Lipinski definition) is 1. The van der Waals surface area contributed by atoms with Crippen LogP contribution in [0.15, 0.2) is 42.7 Å². The van der Waals surface area contributed by atoms with Crippen molar-refractivity contribution >= 4 is 23.5 Å². The predicted molar refractivity (Wildman–Crippen MR) is 99.8 cm³/mol. The second-order valence-electron chi connectivity index (χ2n) is 5.82. The van der Waals surface area contributed by atoms with Crippen molar-refractivity contribution < 1.29 is 9.53 Å². The van der Waals surface area contributed by atoms with E-state index in [0.29, 0.717) is 17.5 Å². The van der Waals surface area contributed by atoms with Crippen LogP contribution in [0.3, 0.4) is 0 Å². The molecule has 1 atom stereocenters. The monoisotopic (exact) mass is 367 g/mol. The molecule has 0 saturated heterocycles. The zero-order chi connectivity index (χ0) is 18.1. The zero-order valence-corrected chi connectivity index (χ0v) is 15.2. The Morgan fingerprint density at radius 3 is 2.65 bits per heavy atom. The maximum atomic E-state index is 12.3. The summed E-state index contributed by atoms with van der Waals surface area (Å²) in [6.07, 6.45) is 3.31. The van der Waals surface area contributed by atoms with Gasteiger partial charge in [0.25, 0.3) is 5.95 Å². The number of ether oxygens (including phenoxy) is 1. The Morgan fingerprint density at radius 1 is 1.23 bits per heavy atom. The Balaban J connectivity index is 1.85. The van der Waals surface area contributed by atoms with Crippen LogP contribution < -0.4 is 10.1 Å². The van der Waals surface area contributed by atoms with Crippen molar-refractivity contribution in [1.82, 2.24) is 19.7 Å². The number of thioether (sulfide) groups is 1. The van der Waals surface area contributed by atoms with Gasteiger partial charge in [0, 0.05) is 18.0 Å². The van der Waals surface area contributed by atoms with Gasteiger partial charge >= 0.3 is 0 Å². The average molecular weight is 367 g/mol. The van der Waals surface area contributed by atoms with Crippen molar-refractivity contribution in [2.24, 2.45) is 0 Å². The smallest absolute Gasteiger partial charge is 0.252 e. The molecule has 1 aliphatic heterocycles. The maximum absolute atomic E-state index is 12.3. The number of methoxy groups -OCH3 is 1. The van der Waals surface area contributed by atoms with Gasteiger partial charge in [-0.05, 0) is 30.7 Å². The van der Waals surface area contributed by atoms with Gasteiger partial charge < -0.3 is 10.1 Å². The van der Waals surface area contributed by atoms with Crippen LogP contribution in [0.25, 0.3) is 5.95 Å². The van der Waals surface area contributed by atoms with Crippen LogP contribution >= 0.6 is 11.8 Å². The number of amides is 1. The Kier molecular flexibility index (Phi) is 4.34. The molecule has 8 heteroatoms. The van der Waals surface area contributed by atoms with E-state index in [9.17, 15) is 4.79 Å². The van der Waals surface area contributed by atoms with Crippen molar-refractivity contribution in [3.8, 4) is 11.7 Å². The lowest BCUT2D eigenvalue weighted by molar-refractivity contribution is -0.113. The number of fused-ring (bicyclic) bond motifs is 1. The Morgan fingerprint density at radius 2 is 1.96 bits per heavy atom. The van der Waals surface area contributed by atoms with Crippen molar-refractivity contribution in [2.75, 3.05) is 18.2 Å². The maximum Gasteiger partial charge on any atom is 0.252 e. The molecule has 4 rings (SSSR count). The summed E-state index contributed by atoms with van der Waals surface area (Å²) in [5.74, 6) is 2.15. The van der Waals surface area contributed by atoms with Crippen LogP contribution in [-0.4, -0.2) is 38.5 Å². The Hall–Kier alpha value is -2.87. The molecule has 1 amide bonds. The Bertz CT molecular complexity index is 940. The van der Waals surface area contributed by atoms with E-state index in [4.69, 9.17) is 4.74 Å². The van der Waals surface area contributed by atoms with E-state index in [0.717, 1.165) is 22.6 Å². The third-order valence-corrected chi connectivity index (χ3v) is 5.44. The highest BCUT2D eigenvalue weighted by molar-refractivity contribution is 8.00. The van der Waals surface area contributed by atoms with Gasteiger partial charge in [-0.2, -0.15) is 9.78 Å². The number of anilines is 1. The molecule has 3 aromatic rings. The molecule has 1 aliphatic rings. The summed E-state index contributed by atoms with van der Waals surface area (Å²) in [6, 6.07) is 9.64. The molecule has 0 radical (unpaired) electrons. The van der Waals surface area contributed by atoms with Crippen LogP contribution in [0.4, 0.5) is 5.82 Å². The van der Waals surface area contributed by atoms with Gasteiger partial charge in [-0.1, -0.05) is 12.1 Å². The summed E-state index contributed by atoms with van der Waals surface area (Å²) < 4.78 is 6.85. The highest BCUT2D eigenvalue weighted by Crippen LogP contribution is 2.43. The molecule has 0 aliphatic carbocycles. The first-order chi connectivity index (χ1) is 12.7. The number of aromatic nitrogens is 4. The number of aryl methyl sites for hydroxylation is 1. The van der Waals surface area contributed by atoms with Crippen LogP contribution in [-0.2, 0) is 4.79 Å². The normalized spacial score (nSPS) is 16.5. The first-order valence-corrected chi connectivity index (χ1v) is 9.14. The summed E-state index contributed by atoms with van der Waals surface area (Å²) >= 11 is 1.58. The topological polar surface area (TPSA) is 81.9 Å². The van der Waals surface area contributed by atoms with Gasteiger partial charge in [-0.25, -0.2) is 9.97 Å². The quantitative estimate of drug-likeness (QED) is 0.767. The molecule has 2 aromatic heterocycles. The molecule has 0 saturated carbocycles. The SMILES string of the molecule is COc1ccc(C2SCC(=O)Nc3c2c(C)nn3-c2ncccn2)cc1. The molecular weight excluding hydrogens is 350 g/mol. The average Bonchev–Trinajstić information content (AvgIpc) is 2.88. The summed E-state index contributed by atoms with van der Waals surface area (Å²) in [4.78, 5) is 20.8. The Labute approximate surface area is 154 Å². The first-order valence-electron chi connectivity index (χ1n) is 8.09. The third kappa shape index (κ3) is 2.92.